The van der Waals surface area contributed by atoms with Crippen LogP contribution in [0.1, 0.15) is 0 Å². The van der Waals surface area contributed by atoms with Gasteiger partial charge in [-0.2, -0.15) is 0 Å². The van der Waals surface area contributed by atoms with Crippen molar-refractivity contribution in [2.75, 3.05) is 10.5 Å². The van der Waals surface area contributed by atoms with Gasteiger partial charge in [0.2, 0.25) is 0 Å². The number of halogens is 3. The van der Waals surface area contributed by atoms with Gasteiger partial charge in [-0.05, 0) is 52.3 Å². The van der Waals surface area contributed by atoms with E-state index in [0.717, 1.165) is 0 Å². The average Bonchev–Trinajstić information content (AvgIpc) is 2.36. The van der Waals surface area contributed by atoms with E-state index >= 15 is 0 Å². The van der Waals surface area contributed by atoms with Crippen molar-refractivity contribution >= 4 is 60.5 Å². The molecule has 0 unspecified atom stereocenters. The van der Waals surface area contributed by atoms with E-state index in [-0.39, 0.29) is 15.6 Å². The minimum absolute atomic E-state index is 0.0731. The van der Waals surface area contributed by atoms with Crippen LogP contribution in [-0.4, -0.2) is 8.42 Å². The van der Waals surface area contributed by atoms with Crippen molar-refractivity contribution in [1.29, 1.82) is 0 Å². The fraction of sp³-hybridized carbons (Fsp3) is 0. The standard InChI is InChI=1S/C12H9BrCl2N2O2S/c13-9-6-8(2-3-10(9)15)17-20(18,19)12-5-7(14)1-4-11(12)16/h1-6,17H,16H2. The molecule has 0 saturated heterocycles. The number of anilines is 2. The molecular weight excluding hydrogens is 387 g/mol. The van der Waals surface area contributed by atoms with E-state index in [9.17, 15) is 8.42 Å². The lowest BCUT2D eigenvalue weighted by Gasteiger charge is -2.11. The first-order chi connectivity index (χ1) is 9.29. The van der Waals surface area contributed by atoms with Gasteiger partial charge in [0, 0.05) is 9.50 Å². The van der Waals surface area contributed by atoms with Crippen LogP contribution in [0.15, 0.2) is 45.8 Å². The molecule has 0 aromatic heterocycles. The Balaban J connectivity index is 2.40. The van der Waals surface area contributed by atoms with E-state index in [2.05, 4.69) is 20.7 Å². The fourth-order valence-corrected chi connectivity index (χ4v) is 3.45. The normalized spacial score (nSPS) is 11.3. The van der Waals surface area contributed by atoms with Gasteiger partial charge in [0.15, 0.2) is 0 Å². The molecule has 4 nitrogen and oxygen atoms in total. The molecule has 0 radical (unpaired) electrons. The largest absolute Gasteiger partial charge is 0.398 e. The monoisotopic (exact) mass is 394 g/mol. The predicted octanol–water partition coefficient (Wildman–Crippen LogP) is 4.14. The SMILES string of the molecule is Nc1ccc(Cl)cc1S(=O)(=O)Nc1ccc(Cl)c(Br)c1. The van der Waals surface area contributed by atoms with Crippen LogP contribution in [0.4, 0.5) is 11.4 Å². The molecule has 106 valence electrons. The van der Waals surface area contributed by atoms with E-state index in [1.165, 1.54) is 18.2 Å². The first-order valence-electron chi connectivity index (χ1n) is 5.32. The van der Waals surface area contributed by atoms with Crippen LogP contribution in [-0.2, 0) is 10.0 Å². The Morgan fingerprint density at radius 2 is 1.80 bits per heavy atom. The minimum Gasteiger partial charge on any atom is -0.398 e. The lowest BCUT2D eigenvalue weighted by atomic mass is 10.3. The molecule has 0 aliphatic heterocycles. The number of hydrogen-bond donors (Lipinski definition) is 2. The number of rotatable bonds is 3. The third-order valence-electron chi connectivity index (χ3n) is 2.44. The van der Waals surface area contributed by atoms with Crippen molar-refractivity contribution in [3.8, 4) is 0 Å². The minimum atomic E-state index is -3.82. The summed E-state index contributed by atoms with van der Waals surface area (Å²) < 4.78 is 27.5. The summed E-state index contributed by atoms with van der Waals surface area (Å²) in [5.74, 6) is 0. The van der Waals surface area contributed by atoms with Crippen LogP contribution in [0, 0.1) is 0 Å². The molecule has 2 aromatic carbocycles. The Morgan fingerprint density at radius 3 is 2.45 bits per heavy atom. The van der Waals surface area contributed by atoms with E-state index in [1.54, 1.807) is 18.2 Å². The fourth-order valence-electron chi connectivity index (χ4n) is 1.51. The molecule has 0 fully saturated rings. The number of benzene rings is 2. The van der Waals surface area contributed by atoms with E-state index in [0.29, 0.717) is 15.2 Å². The zero-order valence-electron chi connectivity index (χ0n) is 9.90. The van der Waals surface area contributed by atoms with Crippen molar-refractivity contribution in [2.24, 2.45) is 0 Å². The second-order valence-electron chi connectivity index (χ2n) is 3.92. The van der Waals surface area contributed by atoms with Gasteiger partial charge in [-0.1, -0.05) is 23.2 Å². The lowest BCUT2D eigenvalue weighted by molar-refractivity contribution is 0.601. The van der Waals surface area contributed by atoms with Crippen LogP contribution in [0.25, 0.3) is 0 Å². The Hall–Kier alpha value is -0.950. The molecule has 0 spiro atoms. The molecule has 0 aliphatic carbocycles. The topological polar surface area (TPSA) is 72.2 Å². The van der Waals surface area contributed by atoms with E-state index in [1.807, 2.05) is 0 Å². The van der Waals surface area contributed by atoms with Gasteiger partial charge in [-0.3, -0.25) is 4.72 Å². The highest BCUT2D eigenvalue weighted by Gasteiger charge is 2.18. The van der Waals surface area contributed by atoms with Gasteiger partial charge in [0.1, 0.15) is 4.90 Å². The first-order valence-corrected chi connectivity index (χ1v) is 8.36. The van der Waals surface area contributed by atoms with Gasteiger partial charge in [-0.15, -0.1) is 0 Å². The van der Waals surface area contributed by atoms with Crippen LogP contribution in [0.5, 0.6) is 0 Å². The maximum absolute atomic E-state index is 12.3. The summed E-state index contributed by atoms with van der Waals surface area (Å²) in [5, 5.41) is 0.770. The van der Waals surface area contributed by atoms with Gasteiger partial charge in [0.25, 0.3) is 10.0 Å². The molecule has 2 aromatic rings. The van der Waals surface area contributed by atoms with Crippen LogP contribution >= 0.6 is 39.1 Å². The summed E-state index contributed by atoms with van der Waals surface area (Å²) in [6.07, 6.45) is 0. The molecule has 0 saturated carbocycles. The molecule has 0 bridgehead atoms. The van der Waals surface area contributed by atoms with E-state index in [4.69, 9.17) is 28.9 Å². The highest BCUT2D eigenvalue weighted by molar-refractivity contribution is 9.10. The summed E-state index contributed by atoms with van der Waals surface area (Å²) in [6, 6.07) is 8.93. The molecule has 3 N–H and O–H groups in total. The van der Waals surface area contributed by atoms with Gasteiger partial charge in [0.05, 0.1) is 16.4 Å². The van der Waals surface area contributed by atoms with Crippen molar-refractivity contribution < 1.29 is 8.42 Å². The smallest absolute Gasteiger partial charge is 0.263 e. The molecular formula is C12H9BrCl2N2O2S. The van der Waals surface area contributed by atoms with Crippen molar-refractivity contribution in [2.45, 2.75) is 4.90 Å². The summed E-state index contributed by atoms with van der Waals surface area (Å²) in [4.78, 5) is -0.0731. The number of hydrogen-bond acceptors (Lipinski definition) is 3. The van der Waals surface area contributed by atoms with Gasteiger partial charge in [-0.25, -0.2) is 8.42 Å². The second-order valence-corrected chi connectivity index (χ2v) is 7.27. The first kappa shape index (κ1) is 15.4. The number of nitrogens with one attached hydrogen (secondary N) is 1. The van der Waals surface area contributed by atoms with Gasteiger partial charge >= 0.3 is 0 Å². The molecule has 0 amide bonds. The van der Waals surface area contributed by atoms with Crippen molar-refractivity contribution in [3.05, 3.63) is 50.9 Å². The lowest BCUT2D eigenvalue weighted by Crippen LogP contribution is -2.14. The summed E-state index contributed by atoms with van der Waals surface area (Å²) in [7, 11) is -3.82. The van der Waals surface area contributed by atoms with Crippen molar-refractivity contribution in [1.82, 2.24) is 0 Å². The van der Waals surface area contributed by atoms with Crippen LogP contribution in [0.2, 0.25) is 10.0 Å². The summed E-state index contributed by atoms with van der Waals surface area (Å²) in [5.41, 5.74) is 6.16. The maximum atomic E-state index is 12.3. The summed E-state index contributed by atoms with van der Waals surface area (Å²) in [6.45, 7) is 0. The molecule has 0 heterocycles. The second kappa shape index (κ2) is 5.81. The highest BCUT2D eigenvalue weighted by atomic mass is 79.9. The number of nitrogen functional groups attached to an aromatic ring is 1. The quantitative estimate of drug-likeness (QED) is 0.767. The molecule has 20 heavy (non-hydrogen) atoms. The Morgan fingerprint density at radius 1 is 1.10 bits per heavy atom. The molecule has 8 heteroatoms. The molecule has 0 atom stereocenters. The molecule has 0 aliphatic rings. The van der Waals surface area contributed by atoms with E-state index < -0.39 is 10.0 Å². The Bertz CT molecular complexity index is 766. The number of nitrogens with two attached hydrogens (primary N) is 1. The average molecular weight is 396 g/mol. The highest BCUT2D eigenvalue weighted by Crippen LogP contribution is 2.28. The van der Waals surface area contributed by atoms with Crippen LogP contribution in [0.3, 0.4) is 0 Å². The van der Waals surface area contributed by atoms with Crippen LogP contribution < -0.4 is 10.5 Å². The summed E-state index contributed by atoms with van der Waals surface area (Å²) >= 11 is 14.9. The Kier molecular flexibility index (Phi) is 4.49. The van der Waals surface area contributed by atoms with Crippen molar-refractivity contribution in [3.63, 3.8) is 0 Å². The maximum Gasteiger partial charge on any atom is 0.263 e. The number of sulfonamides is 1. The molecule has 2 rings (SSSR count). The predicted molar refractivity (Wildman–Crippen MR) is 85.8 cm³/mol. The zero-order valence-corrected chi connectivity index (χ0v) is 13.8. The zero-order chi connectivity index (χ0) is 14.9. The third kappa shape index (κ3) is 3.38. The van der Waals surface area contributed by atoms with Gasteiger partial charge < -0.3 is 5.73 Å². The Labute approximate surface area is 135 Å². The third-order valence-corrected chi connectivity index (χ3v) is 5.32.